The van der Waals surface area contributed by atoms with E-state index in [2.05, 4.69) is 10.5 Å². The fourth-order valence-corrected chi connectivity index (χ4v) is 3.46. The highest BCUT2D eigenvalue weighted by Gasteiger charge is 2.14. The number of aryl methyl sites for hydroxylation is 1. The number of hydrogen-bond donors (Lipinski definition) is 1. The molecule has 0 bridgehead atoms. The zero-order chi connectivity index (χ0) is 26.7. The maximum atomic E-state index is 12.4. The van der Waals surface area contributed by atoms with Gasteiger partial charge in [0.1, 0.15) is 23.9 Å². The van der Waals surface area contributed by atoms with Crippen molar-refractivity contribution >= 4 is 18.1 Å². The van der Waals surface area contributed by atoms with Crippen LogP contribution in [0.1, 0.15) is 34.0 Å². The van der Waals surface area contributed by atoms with Gasteiger partial charge in [-0.1, -0.05) is 48.5 Å². The van der Waals surface area contributed by atoms with E-state index >= 15 is 0 Å². The molecule has 4 rings (SSSR count). The molecular formula is C31H28N2O5. The van der Waals surface area contributed by atoms with Gasteiger partial charge in [0.05, 0.1) is 11.8 Å². The molecule has 0 fully saturated rings. The maximum absolute atomic E-state index is 12.4. The number of carbonyl (C=O) groups excluding carboxylic acids is 2. The molecule has 7 nitrogen and oxygen atoms in total. The molecule has 0 aromatic heterocycles. The van der Waals surface area contributed by atoms with Gasteiger partial charge in [-0.2, -0.15) is 5.10 Å². The molecule has 1 atom stereocenters. The Hall–Kier alpha value is -4.91. The molecule has 7 heteroatoms. The Labute approximate surface area is 221 Å². The Kier molecular flexibility index (Phi) is 8.86. The minimum absolute atomic E-state index is 0.394. The fourth-order valence-electron chi connectivity index (χ4n) is 3.46. The van der Waals surface area contributed by atoms with E-state index in [4.69, 9.17) is 14.2 Å². The van der Waals surface area contributed by atoms with Crippen molar-refractivity contribution in [2.24, 2.45) is 5.10 Å². The molecule has 0 aliphatic rings. The van der Waals surface area contributed by atoms with Crippen LogP contribution in [-0.2, 0) is 11.4 Å². The second-order valence-corrected chi connectivity index (χ2v) is 8.51. The zero-order valence-corrected chi connectivity index (χ0v) is 21.2. The van der Waals surface area contributed by atoms with Crippen molar-refractivity contribution in [3.63, 3.8) is 0 Å². The summed E-state index contributed by atoms with van der Waals surface area (Å²) >= 11 is 0. The molecular weight excluding hydrogens is 480 g/mol. The molecule has 4 aromatic carbocycles. The number of benzene rings is 4. The van der Waals surface area contributed by atoms with E-state index in [1.807, 2.05) is 49.4 Å². The normalized spacial score (nSPS) is 11.5. The number of rotatable bonds is 10. The lowest BCUT2D eigenvalue weighted by atomic mass is 10.1. The SMILES string of the molecule is Cc1ccccc1C(=O)Oc1ccc(/C=N\NC(=O)[C@@H](C)Oc2ccc(OCc3ccccc3)cc2)cc1. The summed E-state index contributed by atoms with van der Waals surface area (Å²) in [5, 5.41) is 3.99. The second kappa shape index (κ2) is 12.9. The molecule has 0 aliphatic carbocycles. The molecule has 0 aliphatic heterocycles. The van der Waals surface area contributed by atoms with E-state index in [-0.39, 0.29) is 0 Å². The quantitative estimate of drug-likeness (QED) is 0.128. The lowest BCUT2D eigenvalue weighted by Gasteiger charge is -2.13. The molecule has 0 radical (unpaired) electrons. The van der Waals surface area contributed by atoms with E-state index in [1.54, 1.807) is 67.6 Å². The lowest BCUT2D eigenvalue weighted by molar-refractivity contribution is -0.127. The van der Waals surface area contributed by atoms with E-state index < -0.39 is 18.0 Å². The smallest absolute Gasteiger partial charge is 0.343 e. The van der Waals surface area contributed by atoms with E-state index in [9.17, 15) is 9.59 Å². The van der Waals surface area contributed by atoms with Crippen LogP contribution in [0.15, 0.2) is 108 Å². The van der Waals surface area contributed by atoms with Crippen LogP contribution < -0.4 is 19.6 Å². The highest BCUT2D eigenvalue weighted by molar-refractivity contribution is 5.92. The van der Waals surface area contributed by atoms with Crippen LogP contribution in [0.4, 0.5) is 0 Å². The summed E-state index contributed by atoms with van der Waals surface area (Å²) in [6.45, 7) is 3.97. The fraction of sp³-hybridized carbons (Fsp3) is 0.129. The van der Waals surface area contributed by atoms with Crippen LogP contribution in [0.2, 0.25) is 0 Å². The van der Waals surface area contributed by atoms with Gasteiger partial charge >= 0.3 is 5.97 Å². The molecule has 1 N–H and O–H groups in total. The average molecular weight is 509 g/mol. The minimum Gasteiger partial charge on any atom is -0.489 e. The largest absolute Gasteiger partial charge is 0.489 e. The lowest BCUT2D eigenvalue weighted by Crippen LogP contribution is -2.33. The van der Waals surface area contributed by atoms with Crippen molar-refractivity contribution in [2.75, 3.05) is 0 Å². The highest BCUT2D eigenvalue weighted by Crippen LogP contribution is 2.20. The number of esters is 1. The van der Waals surface area contributed by atoms with Gasteiger partial charge in [-0.15, -0.1) is 0 Å². The van der Waals surface area contributed by atoms with Crippen LogP contribution in [-0.4, -0.2) is 24.2 Å². The van der Waals surface area contributed by atoms with Gasteiger partial charge in [-0.05, 0) is 85.1 Å². The highest BCUT2D eigenvalue weighted by atomic mass is 16.5. The number of carbonyl (C=O) groups is 2. The summed E-state index contributed by atoms with van der Waals surface area (Å²) in [6.07, 6.45) is 0.739. The average Bonchev–Trinajstić information content (AvgIpc) is 2.94. The Morgan fingerprint density at radius 3 is 2.16 bits per heavy atom. The van der Waals surface area contributed by atoms with Gasteiger partial charge in [-0.25, -0.2) is 10.2 Å². The number of hydrogen-bond acceptors (Lipinski definition) is 6. The van der Waals surface area contributed by atoms with Crippen molar-refractivity contribution in [3.05, 3.63) is 125 Å². The third-order valence-electron chi connectivity index (χ3n) is 5.60. The standard InChI is InChI=1S/C31H28N2O5/c1-22-8-6-7-11-29(22)31(35)38-28-14-12-24(13-15-28)20-32-33-30(34)23(2)37-27-18-16-26(17-19-27)36-21-25-9-4-3-5-10-25/h3-20,23H,21H2,1-2H3,(H,33,34)/b32-20-/t23-/m1/s1. The van der Waals surface area contributed by atoms with Gasteiger partial charge in [0, 0.05) is 0 Å². The first-order chi connectivity index (χ1) is 18.5. The number of nitrogens with one attached hydrogen (secondary N) is 1. The van der Waals surface area contributed by atoms with E-state index in [0.717, 1.165) is 16.7 Å². The number of hydrazone groups is 1. The van der Waals surface area contributed by atoms with Crippen LogP contribution in [0.5, 0.6) is 17.2 Å². The molecule has 0 unspecified atom stereocenters. The minimum atomic E-state index is -0.758. The van der Waals surface area contributed by atoms with Crippen molar-refractivity contribution in [1.82, 2.24) is 5.43 Å². The third kappa shape index (κ3) is 7.54. The van der Waals surface area contributed by atoms with Crippen molar-refractivity contribution in [2.45, 2.75) is 26.6 Å². The van der Waals surface area contributed by atoms with Gasteiger partial charge in [-0.3, -0.25) is 4.79 Å². The molecule has 0 spiro atoms. The Morgan fingerprint density at radius 2 is 1.45 bits per heavy atom. The summed E-state index contributed by atoms with van der Waals surface area (Å²) in [6, 6.07) is 31.0. The summed E-state index contributed by atoms with van der Waals surface area (Å²) in [5.74, 6) is 0.853. The number of nitrogens with zero attached hydrogens (tertiary/aromatic N) is 1. The monoisotopic (exact) mass is 508 g/mol. The van der Waals surface area contributed by atoms with Crippen LogP contribution in [0.3, 0.4) is 0 Å². The van der Waals surface area contributed by atoms with Gasteiger partial charge in [0.25, 0.3) is 5.91 Å². The van der Waals surface area contributed by atoms with Gasteiger partial charge in [0.2, 0.25) is 0 Å². The maximum Gasteiger partial charge on any atom is 0.343 e. The molecule has 1 amide bonds. The first kappa shape index (κ1) is 26.2. The molecule has 0 heterocycles. The Morgan fingerprint density at radius 1 is 0.816 bits per heavy atom. The van der Waals surface area contributed by atoms with Gasteiger partial charge in [0.15, 0.2) is 6.10 Å². The summed E-state index contributed by atoms with van der Waals surface area (Å²) < 4.78 is 16.9. The van der Waals surface area contributed by atoms with Crippen molar-refractivity contribution in [3.8, 4) is 17.2 Å². The number of amides is 1. The molecule has 0 saturated carbocycles. The first-order valence-electron chi connectivity index (χ1n) is 12.1. The third-order valence-corrected chi connectivity index (χ3v) is 5.60. The topological polar surface area (TPSA) is 86.2 Å². The predicted molar refractivity (Wildman–Crippen MR) is 146 cm³/mol. The summed E-state index contributed by atoms with van der Waals surface area (Å²) in [7, 11) is 0. The molecule has 0 saturated heterocycles. The second-order valence-electron chi connectivity index (χ2n) is 8.51. The zero-order valence-electron chi connectivity index (χ0n) is 21.2. The Balaban J connectivity index is 1.22. The van der Waals surface area contributed by atoms with E-state index in [0.29, 0.717) is 29.4 Å². The molecule has 192 valence electrons. The van der Waals surface area contributed by atoms with Crippen LogP contribution in [0.25, 0.3) is 0 Å². The van der Waals surface area contributed by atoms with Crippen molar-refractivity contribution < 1.29 is 23.8 Å². The summed E-state index contributed by atoms with van der Waals surface area (Å²) in [4.78, 5) is 24.7. The van der Waals surface area contributed by atoms with Crippen LogP contribution >= 0.6 is 0 Å². The Bertz CT molecular complexity index is 1380. The molecule has 38 heavy (non-hydrogen) atoms. The first-order valence-corrected chi connectivity index (χ1v) is 12.1. The van der Waals surface area contributed by atoms with E-state index in [1.165, 1.54) is 6.21 Å². The van der Waals surface area contributed by atoms with Crippen molar-refractivity contribution in [1.29, 1.82) is 0 Å². The van der Waals surface area contributed by atoms with Gasteiger partial charge < -0.3 is 14.2 Å². The number of ether oxygens (including phenoxy) is 3. The summed E-state index contributed by atoms with van der Waals surface area (Å²) in [5.41, 5.74) is 5.64. The predicted octanol–water partition coefficient (Wildman–Crippen LogP) is 5.71. The molecule has 4 aromatic rings. The van der Waals surface area contributed by atoms with Crippen LogP contribution in [0, 0.1) is 6.92 Å².